The summed E-state index contributed by atoms with van der Waals surface area (Å²) in [5, 5.41) is 14.5. The predicted octanol–water partition coefficient (Wildman–Crippen LogP) is 4.01. The summed E-state index contributed by atoms with van der Waals surface area (Å²) in [5.74, 6) is 0.468. The lowest BCUT2D eigenvalue weighted by molar-refractivity contribution is 0.554. The fourth-order valence-electron chi connectivity index (χ4n) is 1.97. The average Bonchev–Trinajstić information content (AvgIpc) is 2.89. The van der Waals surface area contributed by atoms with Crippen LogP contribution in [0, 0.1) is 17.2 Å². The molecule has 3 nitrogen and oxygen atoms in total. The van der Waals surface area contributed by atoms with Crippen LogP contribution in [0.5, 0.6) is 0 Å². The molecule has 98 valence electrons. The molecule has 0 saturated carbocycles. The van der Waals surface area contributed by atoms with Gasteiger partial charge in [0, 0.05) is 10.6 Å². The lowest BCUT2D eigenvalue weighted by Crippen LogP contribution is -2.15. The third-order valence-electron chi connectivity index (χ3n) is 3.01. The summed E-state index contributed by atoms with van der Waals surface area (Å²) < 4.78 is 0. The van der Waals surface area contributed by atoms with Gasteiger partial charge in [0.05, 0.1) is 17.3 Å². The van der Waals surface area contributed by atoms with Gasteiger partial charge in [0.15, 0.2) is 0 Å². The summed E-state index contributed by atoms with van der Waals surface area (Å²) in [4.78, 5) is 1.30. The van der Waals surface area contributed by atoms with Gasteiger partial charge in [-0.2, -0.15) is 5.26 Å². The molecule has 2 rings (SSSR count). The van der Waals surface area contributed by atoms with Crippen molar-refractivity contribution in [3.05, 3.63) is 46.2 Å². The number of rotatable bonds is 4. The number of hydrogen-bond donors (Lipinski definition) is 2. The van der Waals surface area contributed by atoms with Gasteiger partial charge in [0.25, 0.3) is 0 Å². The quantitative estimate of drug-likeness (QED) is 0.826. The van der Waals surface area contributed by atoms with Crippen molar-refractivity contribution >= 4 is 22.7 Å². The molecule has 1 atom stereocenters. The standard InChI is InChI=1S/C15H17N3S/c1-10(2)15(14-4-3-7-19-14)18-12-6-5-11(9-16)13(17)8-12/h3-8,10,15,18H,17H2,1-2H3. The van der Waals surface area contributed by atoms with Crippen molar-refractivity contribution in [2.45, 2.75) is 19.9 Å². The highest BCUT2D eigenvalue weighted by atomic mass is 32.1. The normalized spacial score (nSPS) is 12.1. The molecule has 0 spiro atoms. The van der Waals surface area contributed by atoms with Gasteiger partial charge in [-0.15, -0.1) is 11.3 Å². The van der Waals surface area contributed by atoms with E-state index in [1.807, 2.05) is 12.1 Å². The Kier molecular flexibility index (Phi) is 4.08. The number of benzene rings is 1. The first-order chi connectivity index (χ1) is 9.11. The Morgan fingerprint density at radius 1 is 1.32 bits per heavy atom. The number of nitriles is 1. The molecule has 1 aromatic heterocycles. The van der Waals surface area contributed by atoms with Gasteiger partial charge in [-0.3, -0.25) is 0 Å². The van der Waals surface area contributed by atoms with Crippen LogP contribution in [0.2, 0.25) is 0 Å². The van der Waals surface area contributed by atoms with Crippen LogP contribution in [0.25, 0.3) is 0 Å². The molecule has 1 heterocycles. The van der Waals surface area contributed by atoms with Crippen LogP contribution in [0.15, 0.2) is 35.7 Å². The van der Waals surface area contributed by atoms with Crippen molar-refractivity contribution in [2.24, 2.45) is 5.92 Å². The molecule has 0 saturated heterocycles. The average molecular weight is 271 g/mol. The maximum Gasteiger partial charge on any atom is 0.101 e. The molecule has 1 aromatic carbocycles. The van der Waals surface area contributed by atoms with Crippen LogP contribution >= 0.6 is 11.3 Å². The Hall–Kier alpha value is -1.99. The van der Waals surface area contributed by atoms with Gasteiger partial charge >= 0.3 is 0 Å². The molecule has 0 aliphatic heterocycles. The molecule has 19 heavy (non-hydrogen) atoms. The zero-order valence-electron chi connectivity index (χ0n) is 11.1. The van der Waals surface area contributed by atoms with E-state index in [2.05, 4.69) is 42.7 Å². The van der Waals surface area contributed by atoms with Crippen molar-refractivity contribution in [1.29, 1.82) is 5.26 Å². The van der Waals surface area contributed by atoms with Crippen LogP contribution < -0.4 is 11.1 Å². The van der Waals surface area contributed by atoms with Gasteiger partial charge in [-0.25, -0.2) is 0 Å². The molecule has 4 heteroatoms. The maximum atomic E-state index is 8.88. The highest BCUT2D eigenvalue weighted by Gasteiger charge is 2.16. The molecule has 0 aliphatic rings. The van der Waals surface area contributed by atoms with Crippen LogP contribution in [0.4, 0.5) is 11.4 Å². The minimum Gasteiger partial charge on any atom is -0.398 e. The minimum atomic E-state index is 0.257. The van der Waals surface area contributed by atoms with Crippen molar-refractivity contribution in [1.82, 2.24) is 0 Å². The molecule has 0 fully saturated rings. The number of nitrogens with one attached hydrogen (secondary N) is 1. The Labute approximate surface area is 117 Å². The van der Waals surface area contributed by atoms with Gasteiger partial charge in [0.2, 0.25) is 0 Å². The molecule has 1 unspecified atom stereocenters. The van der Waals surface area contributed by atoms with E-state index in [9.17, 15) is 0 Å². The molecule has 0 aliphatic carbocycles. The molecular weight excluding hydrogens is 254 g/mol. The maximum absolute atomic E-state index is 8.88. The first-order valence-electron chi connectivity index (χ1n) is 6.21. The summed E-state index contributed by atoms with van der Waals surface area (Å²) in [5.41, 5.74) is 7.82. The Morgan fingerprint density at radius 2 is 2.11 bits per heavy atom. The Morgan fingerprint density at radius 3 is 2.63 bits per heavy atom. The SMILES string of the molecule is CC(C)C(Nc1ccc(C#N)c(N)c1)c1cccs1. The van der Waals surface area contributed by atoms with Gasteiger partial charge < -0.3 is 11.1 Å². The van der Waals surface area contributed by atoms with Crippen LogP contribution in [0.1, 0.15) is 30.3 Å². The zero-order valence-corrected chi connectivity index (χ0v) is 11.9. The molecule has 0 bridgehead atoms. The second-order valence-corrected chi connectivity index (χ2v) is 5.77. The van der Waals surface area contributed by atoms with Crippen molar-refractivity contribution in [3.63, 3.8) is 0 Å². The minimum absolute atomic E-state index is 0.257. The van der Waals surface area contributed by atoms with E-state index in [1.165, 1.54) is 4.88 Å². The second kappa shape index (κ2) is 5.77. The number of nitrogen functional groups attached to an aromatic ring is 1. The highest BCUT2D eigenvalue weighted by molar-refractivity contribution is 7.10. The predicted molar refractivity (Wildman–Crippen MR) is 81.1 cm³/mol. The molecule has 3 N–H and O–H groups in total. The lowest BCUT2D eigenvalue weighted by atomic mass is 10.0. The van der Waals surface area contributed by atoms with Crippen LogP contribution in [0.3, 0.4) is 0 Å². The van der Waals surface area contributed by atoms with Crippen LogP contribution in [-0.4, -0.2) is 0 Å². The topological polar surface area (TPSA) is 61.8 Å². The third-order valence-corrected chi connectivity index (χ3v) is 3.97. The molecule has 0 radical (unpaired) electrons. The largest absolute Gasteiger partial charge is 0.398 e. The fraction of sp³-hybridized carbons (Fsp3) is 0.267. The van der Waals surface area contributed by atoms with E-state index in [1.54, 1.807) is 17.4 Å². The number of hydrogen-bond acceptors (Lipinski definition) is 4. The van der Waals surface area contributed by atoms with E-state index in [0.717, 1.165) is 5.69 Å². The summed E-state index contributed by atoms with van der Waals surface area (Å²) in [6.07, 6.45) is 0. The van der Waals surface area contributed by atoms with Gasteiger partial charge in [-0.05, 0) is 35.6 Å². The van der Waals surface area contributed by atoms with Crippen molar-refractivity contribution in [3.8, 4) is 6.07 Å². The number of anilines is 2. The van der Waals surface area contributed by atoms with E-state index in [-0.39, 0.29) is 6.04 Å². The molecular formula is C15H17N3S. The number of nitrogens with zero attached hydrogens (tertiary/aromatic N) is 1. The van der Waals surface area contributed by atoms with Crippen molar-refractivity contribution < 1.29 is 0 Å². The lowest BCUT2D eigenvalue weighted by Gasteiger charge is -2.22. The third kappa shape index (κ3) is 3.07. The fourth-order valence-corrected chi connectivity index (χ4v) is 2.92. The highest BCUT2D eigenvalue weighted by Crippen LogP contribution is 2.30. The molecule has 0 amide bonds. The Balaban J connectivity index is 2.23. The van der Waals surface area contributed by atoms with E-state index in [4.69, 9.17) is 11.0 Å². The second-order valence-electron chi connectivity index (χ2n) is 4.80. The van der Waals surface area contributed by atoms with Crippen LogP contribution in [-0.2, 0) is 0 Å². The monoisotopic (exact) mass is 271 g/mol. The first kappa shape index (κ1) is 13.4. The number of nitrogens with two attached hydrogens (primary N) is 1. The summed E-state index contributed by atoms with van der Waals surface area (Å²) in [6.45, 7) is 4.37. The van der Waals surface area contributed by atoms with E-state index >= 15 is 0 Å². The molecule has 2 aromatic rings. The van der Waals surface area contributed by atoms with Gasteiger partial charge in [-0.1, -0.05) is 19.9 Å². The first-order valence-corrected chi connectivity index (χ1v) is 7.09. The summed E-state index contributed by atoms with van der Waals surface area (Å²) in [7, 11) is 0. The summed E-state index contributed by atoms with van der Waals surface area (Å²) in [6, 6.07) is 12.0. The number of thiophene rings is 1. The zero-order chi connectivity index (χ0) is 13.8. The van der Waals surface area contributed by atoms with E-state index in [0.29, 0.717) is 17.2 Å². The van der Waals surface area contributed by atoms with E-state index < -0.39 is 0 Å². The smallest absolute Gasteiger partial charge is 0.101 e. The summed E-state index contributed by atoms with van der Waals surface area (Å²) >= 11 is 1.74. The van der Waals surface area contributed by atoms with Gasteiger partial charge in [0.1, 0.15) is 6.07 Å². The Bertz CT molecular complexity index is 582. The van der Waals surface area contributed by atoms with Crippen molar-refractivity contribution in [2.75, 3.05) is 11.1 Å².